The van der Waals surface area contributed by atoms with Crippen LogP contribution >= 0.6 is 0 Å². The number of fused-ring (bicyclic) bond motifs is 1. The van der Waals surface area contributed by atoms with Crippen LogP contribution in [0.2, 0.25) is 0 Å². The van der Waals surface area contributed by atoms with Crippen molar-refractivity contribution in [1.29, 1.82) is 0 Å². The van der Waals surface area contributed by atoms with E-state index in [-0.39, 0.29) is 0 Å². The summed E-state index contributed by atoms with van der Waals surface area (Å²) in [6, 6.07) is 12.5. The molecule has 0 radical (unpaired) electrons. The molecule has 0 aliphatic rings. The number of aryl methyl sites for hydroxylation is 1. The van der Waals surface area contributed by atoms with E-state index in [4.69, 9.17) is 17.7 Å². The Morgan fingerprint density at radius 1 is 1.05 bits per heavy atom. The van der Waals surface area contributed by atoms with Gasteiger partial charge in [0.15, 0.2) is 0 Å². The Hall–Kier alpha value is -1.80. The average molecular weight is 322 g/mol. The van der Waals surface area contributed by atoms with Gasteiger partial charge in [0, 0.05) is 0 Å². The molecule has 21 heavy (non-hydrogen) atoms. The first-order valence-electron chi connectivity index (χ1n) is 5.63. The van der Waals surface area contributed by atoms with Gasteiger partial charge in [-0.1, -0.05) is 29.8 Å². The summed E-state index contributed by atoms with van der Waals surface area (Å²) in [6.45, 7) is 2.10. The van der Waals surface area contributed by atoms with Gasteiger partial charge < -0.3 is 4.74 Å². The van der Waals surface area contributed by atoms with Crippen molar-refractivity contribution in [1.82, 2.24) is 0 Å². The van der Waals surface area contributed by atoms with Crippen LogP contribution in [0.5, 0.6) is 5.75 Å². The fourth-order valence-corrected chi connectivity index (χ4v) is 1.47. The van der Waals surface area contributed by atoms with Crippen molar-refractivity contribution in [2.45, 2.75) is 12.4 Å². The molecule has 0 aliphatic heterocycles. The summed E-state index contributed by atoms with van der Waals surface area (Å²) in [5.41, 5.74) is -4.26. The third kappa shape index (κ3) is 4.91. The fourth-order valence-electron chi connectivity index (χ4n) is 1.47. The van der Waals surface area contributed by atoms with Gasteiger partial charge in [-0.15, -0.1) is 0 Å². The maximum absolute atomic E-state index is 10.7. The molecule has 0 heterocycles. The van der Waals surface area contributed by atoms with Crippen LogP contribution in [0.1, 0.15) is 5.56 Å². The molecule has 2 aromatic carbocycles. The first-order chi connectivity index (χ1) is 9.54. The Kier molecular flexibility index (Phi) is 5.19. The Balaban J connectivity index is 0.000000240. The number of rotatable bonds is 1. The summed E-state index contributed by atoms with van der Waals surface area (Å²) < 4.78 is 62.7. The van der Waals surface area contributed by atoms with E-state index in [2.05, 4.69) is 37.3 Å². The molecule has 8 heteroatoms. The SMILES string of the molecule is COc1ccc2ccc(C)cc2c1.O=S(=O)(O)C(F)(F)F. The van der Waals surface area contributed by atoms with E-state index in [0.29, 0.717) is 0 Å². The summed E-state index contributed by atoms with van der Waals surface area (Å²) in [6.07, 6.45) is 0. The van der Waals surface area contributed by atoms with Gasteiger partial charge in [0.2, 0.25) is 0 Å². The van der Waals surface area contributed by atoms with Crippen molar-refractivity contribution in [3.8, 4) is 5.75 Å². The number of hydrogen-bond donors (Lipinski definition) is 1. The highest BCUT2D eigenvalue weighted by Gasteiger charge is 2.44. The lowest BCUT2D eigenvalue weighted by Crippen LogP contribution is -2.21. The molecule has 0 spiro atoms. The summed E-state index contributed by atoms with van der Waals surface area (Å²) in [5.74, 6) is 0.915. The molecule has 116 valence electrons. The van der Waals surface area contributed by atoms with Crippen molar-refractivity contribution in [2.24, 2.45) is 0 Å². The number of methoxy groups -OCH3 is 1. The van der Waals surface area contributed by atoms with Crippen LogP contribution in [0.3, 0.4) is 0 Å². The Bertz CT molecular complexity index is 724. The molecule has 2 rings (SSSR count). The van der Waals surface area contributed by atoms with Crippen molar-refractivity contribution in [3.05, 3.63) is 42.0 Å². The molecule has 2 aromatic rings. The zero-order valence-corrected chi connectivity index (χ0v) is 12.0. The van der Waals surface area contributed by atoms with Crippen molar-refractivity contribution in [2.75, 3.05) is 7.11 Å². The second-order valence-corrected chi connectivity index (χ2v) is 5.55. The molecule has 1 N–H and O–H groups in total. The number of halogens is 3. The molecular formula is C13H13F3O4S. The maximum atomic E-state index is 10.7. The highest BCUT2D eigenvalue weighted by Crippen LogP contribution is 2.21. The third-order valence-corrected chi connectivity index (χ3v) is 3.08. The second kappa shape index (κ2) is 6.31. The molecule has 0 aliphatic carbocycles. The molecule has 0 amide bonds. The minimum absolute atomic E-state index is 0.915. The first-order valence-corrected chi connectivity index (χ1v) is 7.07. The average Bonchev–Trinajstić information content (AvgIpc) is 2.36. The van der Waals surface area contributed by atoms with Crippen LogP contribution < -0.4 is 4.74 Å². The van der Waals surface area contributed by atoms with Gasteiger partial charge in [0.05, 0.1) is 7.11 Å². The Morgan fingerprint density at radius 2 is 1.57 bits per heavy atom. The highest BCUT2D eigenvalue weighted by atomic mass is 32.2. The Morgan fingerprint density at radius 3 is 2.05 bits per heavy atom. The van der Waals surface area contributed by atoms with E-state index >= 15 is 0 Å². The highest BCUT2D eigenvalue weighted by molar-refractivity contribution is 7.86. The maximum Gasteiger partial charge on any atom is 0.522 e. The van der Waals surface area contributed by atoms with E-state index in [1.54, 1.807) is 7.11 Å². The quantitative estimate of drug-likeness (QED) is 0.644. The van der Waals surface area contributed by atoms with E-state index in [9.17, 15) is 13.2 Å². The molecule has 0 unspecified atom stereocenters. The summed E-state index contributed by atoms with van der Waals surface area (Å²) in [4.78, 5) is 0. The number of ether oxygens (including phenoxy) is 1. The summed E-state index contributed by atoms with van der Waals surface area (Å²) in [5, 5.41) is 2.49. The van der Waals surface area contributed by atoms with Crippen LogP contribution in [-0.4, -0.2) is 25.6 Å². The molecule has 0 saturated heterocycles. The van der Waals surface area contributed by atoms with Gasteiger partial charge in [0.1, 0.15) is 5.75 Å². The van der Waals surface area contributed by atoms with E-state index in [1.807, 2.05) is 6.07 Å². The standard InChI is InChI=1S/C12H12O.CHF3O3S/c1-9-3-4-10-5-6-12(13-2)8-11(10)7-9;2-1(3,4)8(5,6)7/h3-8H,1-2H3;(H,5,6,7). The number of benzene rings is 2. The molecule has 0 bridgehead atoms. The lowest BCUT2D eigenvalue weighted by molar-refractivity contribution is -0.0510. The molecule has 0 atom stereocenters. The van der Waals surface area contributed by atoms with Gasteiger partial charge in [-0.3, -0.25) is 4.55 Å². The Labute approximate surface area is 119 Å². The van der Waals surface area contributed by atoms with Crippen LogP contribution in [0.25, 0.3) is 10.8 Å². The molecular weight excluding hydrogens is 309 g/mol. The van der Waals surface area contributed by atoms with Gasteiger partial charge >= 0.3 is 15.6 Å². The van der Waals surface area contributed by atoms with E-state index in [1.165, 1.54) is 16.3 Å². The largest absolute Gasteiger partial charge is 0.522 e. The predicted molar refractivity (Wildman–Crippen MR) is 72.8 cm³/mol. The monoisotopic (exact) mass is 322 g/mol. The zero-order chi connectivity index (χ0) is 16.3. The van der Waals surface area contributed by atoms with Gasteiger partial charge in [-0.2, -0.15) is 21.6 Å². The number of hydrogen-bond acceptors (Lipinski definition) is 3. The minimum atomic E-state index is -5.84. The van der Waals surface area contributed by atoms with Crippen LogP contribution in [0, 0.1) is 6.92 Å². The molecule has 0 saturated carbocycles. The van der Waals surface area contributed by atoms with Crippen molar-refractivity contribution in [3.63, 3.8) is 0 Å². The van der Waals surface area contributed by atoms with E-state index < -0.39 is 15.6 Å². The molecule has 0 fully saturated rings. The molecule has 0 aromatic heterocycles. The lowest BCUT2D eigenvalue weighted by atomic mass is 10.1. The van der Waals surface area contributed by atoms with Crippen LogP contribution in [0.15, 0.2) is 36.4 Å². The second-order valence-electron chi connectivity index (χ2n) is 4.14. The van der Waals surface area contributed by atoms with Gasteiger partial charge in [0.25, 0.3) is 0 Å². The normalized spacial score (nSPS) is 11.7. The smallest absolute Gasteiger partial charge is 0.497 e. The topological polar surface area (TPSA) is 63.6 Å². The first kappa shape index (κ1) is 17.3. The third-order valence-electron chi connectivity index (χ3n) is 2.50. The van der Waals surface area contributed by atoms with Crippen LogP contribution in [0.4, 0.5) is 13.2 Å². The van der Waals surface area contributed by atoms with Gasteiger partial charge in [-0.25, -0.2) is 0 Å². The summed E-state index contributed by atoms with van der Waals surface area (Å²) in [7, 11) is -4.15. The summed E-state index contributed by atoms with van der Waals surface area (Å²) >= 11 is 0. The van der Waals surface area contributed by atoms with Crippen molar-refractivity contribution >= 4 is 20.9 Å². The van der Waals surface area contributed by atoms with Crippen LogP contribution in [-0.2, 0) is 10.1 Å². The van der Waals surface area contributed by atoms with Crippen molar-refractivity contribution < 1.29 is 30.9 Å². The zero-order valence-electron chi connectivity index (χ0n) is 11.2. The van der Waals surface area contributed by atoms with Gasteiger partial charge in [-0.05, 0) is 29.8 Å². The number of alkyl halides is 3. The minimum Gasteiger partial charge on any atom is -0.497 e. The molecule has 4 nitrogen and oxygen atoms in total. The fraction of sp³-hybridized carbons (Fsp3) is 0.231. The van der Waals surface area contributed by atoms with E-state index in [0.717, 1.165) is 5.75 Å². The predicted octanol–water partition coefficient (Wildman–Crippen LogP) is 3.55. The lowest BCUT2D eigenvalue weighted by Gasteiger charge is -2.02.